The maximum absolute atomic E-state index is 10.9. The highest BCUT2D eigenvalue weighted by Gasteiger charge is 2.67. The van der Waals surface area contributed by atoms with Crippen LogP contribution < -0.4 is 5.19 Å². The number of aliphatic hydroxyl groups is 1. The Morgan fingerprint density at radius 3 is 2.50 bits per heavy atom. The average molecular weight is 375 g/mol. The largest absolute Gasteiger partial charge is 0.393 e. The van der Waals surface area contributed by atoms with Crippen molar-refractivity contribution in [2.24, 2.45) is 5.41 Å². The van der Waals surface area contributed by atoms with Gasteiger partial charge >= 0.3 is 0 Å². The molecule has 1 aromatic carbocycles. The summed E-state index contributed by atoms with van der Waals surface area (Å²) in [5, 5.41) is 12.4. The van der Waals surface area contributed by atoms with Crippen LogP contribution in [-0.4, -0.2) is 37.3 Å². The second-order valence-electron chi connectivity index (χ2n) is 9.88. The van der Waals surface area contributed by atoms with Crippen molar-refractivity contribution < 1.29 is 14.6 Å². The summed E-state index contributed by atoms with van der Waals surface area (Å²) in [5.74, 6) is -0.555. The van der Waals surface area contributed by atoms with Gasteiger partial charge in [0.2, 0.25) is 0 Å². The molecule has 3 fully saturated rings. The monoisotopic (exact) mass is 374 g/mol. The standard InChI is InChI=1S/C22H34O3Si/c1-20(2)24-16-21-12-8-9-13-22(21,25-20)15-17(23)14-19(21)26(3,4)18-10-6-5-7-11-18/h5-7,10-11,17,19,23H,8-9,12-16H2,1-4H3/t17-,19+,21+,22+/m0/s1. The summed E-state index contributed by atoms with van der Waals surface area (Å²) in [6, 6.07) is 11.0. The zero-order valence-electron chi connectivity index (χ0n) is 16.8. The topological polar surface area (TPSA) is 38.7 Å². The van der Waals surface area contributed by atoms with Crippen LogP contribution in [0.25, 0.3) is 0 Å². The van der Waals surface area contributed by atoms with Crippen molar-refractivity contribution in [3.8, 4) is 0 Å². The molecule has 0 radical (unpaired) electrons. The van der Waals surface area contributed by atoms with Gasteiger partial charge in [0.15, 0.2) is 5.79 Å². The van der Waals surface area contributed by atoms with Gasteiger partial charge in [-0.3, -0.25) is 0 Å². The Hall–Kier alpha value is -0.683. The van der Waals surface area contributed by atoms with E-state index in [0.29, 0.717) is 5.54 Å². The minimum atomic E-state index is -1.82. The predicted molar refractivity (Wildman–Crippen MR) is 107 cm³/mol. The van der Waals surface area contributed by atoms with Gasteiger partial charge in [0.25, 0.3) is 0 Å². The van der Waals surface area contributed by atoms with Gasteiger partial charge in [0.05, 0.1) is 26.4 Å². The van der Waals surface area contributed by atoms with E-state index in [1.807, 2.05) is 13.8 Å². The lowest BCUT2D eigenvalue weighted by molar-refractivity contribution is -0.381. The van der Waals surface area contributed by atoms with Crippen molar-refractivity contribution in [2.45, 2.75) is 88.5 Å². The molecule has 4 rings (SSSR count). The number of rotatable bonds is 2. The zero-order valence-corrected chi connectivity index (χ0v) is 17.8. The van der Waals surface area contributed by atoms with Crippen molar-refractivity contribution >= 4 is 13.3 Å². The fourth-order valence-corrected chi connectivity index (χ4v) is 10.6. The molecule has 1 aliphatic heterocycles. The highest BCUT2D eigenvalue weighted by Crippen LogP contribution is 2.65. The van der Waals surface area contributed by atoms with Crippen LogP contribution in [0, 0.1) is 5.41 Å². The molecule has 4 heteroatoms. The molecular weight excluding hydrogens is 340 g/mol. The van der Waals surface area contributed by atoms with Gasteiger partial charge in [-0.1, -0.05) is 61.5 Å². The van der Waals surface area contributed by atoms with E-state index in [-0.39, 0.29) is 17.1 Å². The van der Waals surface area contributed by atoms with E-state index < -0.39 is 13.9 Å². The van der Waals surface area contributed by atoms with Crippen molar-refractivity contribution in [3.63, 3.8) is 0 Å². The SMILES string of the molecule is CC1(C)OC[C@@]23CCCC[C@]2(C[C@@H](O)C[C@H]3[Si](C)(C)c2ccccc2)O1. The maximum Gasteiger partial charge on any atom is 0.163 e. The number of hydrogen-bond acceptors (Lipinski definition) is 3. The quantitative estimate of drug-likeness (QED) is 0.788. The van der Waals surface area contributed by atoms with Gasteiger partial charge in [-0.25, -0.2) is 0 Å². The zero-order chi connectivity index (χ0) is 18.6. The van der Waals surface area contributed by atoms with Crippen LogP contribution in [0.5, 0.6) is 0 Å². The Labute approximate surface area is 159 Å². The molecule has 1 heterocycles. The predicted octanol–water partition coefficient (Wildman–Crippen LogP) is 4.21. The normalized spacial score (nSPS) is 39.7. The van der Waals surface area contributed by atoms with Crippen LogP contribution in [-0.2, 0) is 9.47 Å². The molecule has 3 aliphatic rings. The third kappa shape index (κ3) is 2.72. The Morgan fingerprint density at radius 1 is 1.08 bits per heavy atom. The second-order valence-corrected chi connectivity index (χ2v) is 14.6. The third-order valence-electron chi connectivity index (χ3n) is 7.61. The molecule has 144 valence electrons. The van der Waals surface area contributed by atoms with E-state index in [4.69, 9.17) is 9.47 Å². The second kappa shape index (κ2) is 6.16. The highest BCUT2D eigenvalue weighted by molar-refractivity contribution is 6.91. The summed E-state index contributed by atoms with van der Waals surface area (Å²) in [6.45, 7) is 9.82. The van der Waals surface area contributed by atoms with Crippen molar-refractivity contribution in [1.29, 1.82) is 0 Å². The first-order valence-corrected chi connectivity index (χ1v) is 13.4. The minimum Gasteiger partial charge on any atom is -0.393 e. The lowest BCUT2D eigenvalue weighted by Crippen LogP contribution is -2.71. The Balaban J connectivity index is 1.82. The Morgan fingerprint density at radius 2 is 1.77 bits per heavy atom. The molecule has 0 aromatic heterocycles. The lowest BCUT2D eigenvalue weighted by atomic mass is 9.55. The first kappa shape index (κ1) is 18.7. The molecule has 0 spiro atoms. The van der Waals surface area contributed by atoms with E-state index in [1.54, 1.807) is 0 Å². The molecule has 0 bridgehead atoms. The molecule has 1 saturated heterocycles. The van der Waals surface area contributed by atoms with Crippen LogP contribution in [0.4, 0.5) is 0 Å². The van der Waals surface area contributed by atoms with Crippen LogP contribution >= 0.6 is 0 Å². The van der Waals surface area contributed by atoms with Crippen molar-refractivity contribution in [1.82, 2.24) is 0 Å². The van der Waals surface area contributed by atoms with Gasteiger partial charge in [0.1, 0.15) is 0 Å². The van der Waals surface area contributed by atoms with E-state index in [1.165, 1.54) is 24.4 Å². The van der Waals surface area contributed by atoms with Gasteiger partial charge in [-0.2, -0.15) is 0 Å². The Kier molecular flexibility index (Phi) is 4.43. The molecule has 0 amide bonds. The summed E-state index contributed by atoms with van der Waals surface area (Å²) in [6.07, 6.45) is 6.08. The van der Waals surface area contributed by atoms with Gasteiger partial charge < -0.3 is 14.6 Å². The van der Waals surface area contributed by atoms with E-state index in [9.17, 15) is 5.11 Å². The van der Waals surface area contributed by atoms with Crippen LogP contribution in [0.2, 0.25) is 18.6 Å². The van der Waals surface area contributed by atoms with Gasteiger partial charge in [-0.05, 0) is 38.7 Å². The molecular formula is C22H34O3Si. The van der Waals surface area contributed by atoms with Crippen LogP contribution in [0.3, 0.4) is 0 Å². The molecule has 0 unspecified atom stereocenters. The van der Waals surface area contributed by atoms with E-state index in [2.05, 4.69) is 43.4 Å². The summed E-state index contributed by atoms with van der Waals surface area (Å²) in [4.78, 5) is 0. The summed E-state index contributed by atoms with van der Waals surface area (Å²) >= 11 is 0. The molecule has 2 saturated carbocycles. The molecule has 4 atom stereocenters. The number of ether oxygens (including phenoxy) is 2. The summed E-state index contributed by atoms with van der Waals surface area (Å²) in [7, 11) is -1.82. The molecule has 26 heavy (non-hydrogen) atoms. The number of benzene rings is 1. The average Bonchev–Trinajstić information content (AvgIpc) is 2.59. The maximum atomic E-state index is 10.9. The van der Waals surface area contributed by atoms with Gasteiger partial charge in [0, 0.05) is 11.8 Å². The first-order valence-electron chi connectivity index (χ1n) is 10.3. The molecule has 1 aromatic rings. The van der Waals surface area contributed by atoms with Crippen molar-refractivity contribution in [3.05, 3.63) is 30.3 Å². The smallest absolute Gasteiger partial charge is 0.163 e. The number of hydrogen-bond donors (Lipinski definition) is 1. The number of aliphatic hydroxyl groups excluding tert-OH is 1. The Bertz CT molecular complexity index is 659. The molecule has 2 aliphatic carbocycles. The fourth-order valence-electron chi connectivity index (χ4n) is 6.44. The summed E-state index contributed by atoms with van der Waals surface area (Å²) in [5.41, 5.74) is 0.289. The van der Waals surface area contributed by atoms with E-state index in [0.717, 1.165) is 25.9 Å². The van der Waals surface area contributed by atoms with Crippen molar-refractivity contribution in [2.75, 3.05) is 6.61 Å². The van der Waals surface area contributed by atoms with E-state index >= 15 is 0 Å². The third-order valence-corrected chi connectivity index (χ3v) is 12.0. The highest BCUT2D eigenvalue weighted by atomic mass is 28.3. The molecule has 1 N–H and O–H groups in total. The van der Waals surface area contributed by atoms with Gasteiger partial charge in [-0.15, -0.1) is 0 Å². The fraction of sp³-hybridized carbons (Fsp3) is 0.727. The van der Waals surface area contributed by atoms with Crippen LogP contribution in [0.1, 0.15) is 52.4 Å². The minimum absolute atomic E-state index is 0.0472. The first-order chi connectivity index (χ1) is 12.2. The lowest BCUT2D eigenvalue weighted by Gasteiger charge is -2.67. The van der Waals surface area contributed by atoms with Crippen LogP contribution in [0.15, 0.2) is 30.3 Å². The summed E-state index contributed by atoms with van der Waals surface area (Å²) < 4.78 is 13.0. The molecule has 3 nitrogen and oxygen atoms in total.